The summed E-state index contributed by atoms with van der Waals surface area (Å²) in [6.45, 7) is 2.04. The second-order valence-corrected chi connectivity index (χ2v) is 13.1. The van der Waals surface area contributed by atoms with E-state index in [9.17, 15) is 26.0 Å². The van der Waals surface area contributed by atoms with Crippen molar-refractivity contribution in [1.29, 1.82) is 0 Å². The van der Waals surface area contributed by atoms with Crippen LogP contribution in [0.15, 0.2) is 71.6 Å². The second kappa shape index (κ2) is 11.4. The van der Waals surface area contributed by atoms with E-state index in [2.05, 4.69) is 10.0 Å². The first kappa shape index (κ1) is 28.0. The van der Waals surface area contributed by atoms with Crippen LogP contribution in [-0.2, 0) is 30.6 Å². The molecule has 1 amide bonds. The predicted octanol–water partition coefficient (Wildman–Crippen LogP) is 4.77. The molecule has 1 aliphatic rings. The van der Waals surface area contributed by atoms with E-state index in [0.29, 0.717) is 24.2 Å². The fourth-order valence-electron chi connectivity index (χ4n) is 4.19. The van der Waals surface area contributed by atoms with Crippen LogP contribution in [0.1, 0.15) is 24.0 Å². The van der Waals surface area contributed by atoms with Gasteiger partial charge in [0.05, 0.1) is 16.3 Å². The van der Waals surface area contributed by atoms with Gasteiger partial charge in [0.2, 0.25) is 15.9 Å². The van der Waals surface area contributed by atoms with Gasteiger partial charge in [0.25, 0.3) is 10.0 Å². The van der Waals surface area contributed by atoms with E-state index in [1.807, 2.05) is 6.07 Å². The first-order valence-corrected chi connectivity index (χ1v) is 15.3. The molecule has 0 radical (unpaired) electrons. The number of hydrogen-bond acceptors (Lipinski definition) is 5. The topological polar surface area (TPSA) is 113 Å². The number of carbonyl (C=O) groups excluding carboxylic acids is 1. The third-order valence-corrected chi connectivity index (χ3v) is 9.97. The van der Waals surface area contributed by atoms with E-state index in [1.165, 1.54) is 40.7 Å². The summed E-state index contributed by atoms with van der Waals surface area (Å²) in [5.41, 5.74) is 1.62. The number of aryl methyl sites for hydroxylation is 1. The van der Waals surface area contributed by atoms with Crippen molar-refractivity contribution in [2.24, 2.45) is 5.92 Å². The van der Waals surface area contributed by atoms with Crippen LogP contribution < -0.4 is 10.0 Å². The zero-order valence-corrected chi connectivity index (χ0v) is 22.9. The first-order valence-electron chi connectivity index (χ1n) is 11.9. The van der Waals surface area contributed by atoms with Gasteiger partial charge in [0.1, 0.15) is 5.82 Å². The molecule has 0 unspecified atom stereocenters. The van der Waals surface area contributed by atoms with Gasteiger partial charge in [-0.05, 0) is 67.8 Å². The quantitative estimate of drug-likeness (QED) is 0.399. The molecule has 1 aliphatic heterocycles. The number of carbonyl (C=O) groups is 1. The molecule has 1 fully saturated rings. The average Bonchev–Trinajstić information content (AvgIpc) is 2.88. The molecule has 2 N–H and O–H groups in total. The number of rotatable bonds is 8. The number of sulfonamides is 2. The highest BCUT2D eigenvalue weighted by atomic mass is 35.5. The van der Waals surface area contributed by atoms with Gasteiger partial charge in [-0.1, -0.05) is 35.9 Å². The monoisotopic (exact) mass is 579 g/mol. The van der Waals surface area contributed by atoms with E-state index < -0.39 is 37.5 Å². The molecule has 0 aliphatic carbocycles. The van der Waals surface area contributed by atoms with Gasteiger partial charge >= 0.3 is 0 Å². The summed E-state index contributed by atoms with van der Waals surface area (Å²) in [6, 6.07) is 16.8. The summed E-state index contributed by atoms with van der Waals surface area (Å²) in [4.78, 5) is 12.8. The molecule has 12 heteroatoms. The van der Waals surface area contributed by atoms with Crippen LogP contribution in [0, 0.1) is 18.7 Å². The van der Waals surface area contributed by atoms with Gasteiger partial charge in [0, 0.05) is 35.3 Å². The number of piperidine rings is 1. The highest BCUT2D eigenvalue weighted by Crippen LogP contribution is 2.27. The molecule has 0 saturated carbocycles. The Hall–Kier alpha value is -2.99. The lowest BCUT2D eigenvalue weighted by Crippen LogP contribution is -2.42. The van der Waals surface area contributed by atoms with Crippen molar-refractivity contribution in [1.82, 2.24) is 4.31 Å². The highest BCUT2D eigenvalue weighted by Gasteiger charge is 2.32. The summed E-state index contributed by atoms with van der Waals surface area (Å²) >= 11 is 5.98. The number of nitrogens with one attached hydrogen (secondary N) is 2. The van der Waals surface area contributed by atoms with Gasteiger partial charge < -0.3 is 5.32 Å². The minimum absolute atomic E-state index is 0.0484. The number of benzene rings is 3. The van der Waals surface area contributed by atoms with E-state index in [4.69, 9.17) is 11.6 Å². The van der Waals surface area contributed by atoms with Crippen molar-refractivity contribution >= 4 is 48.9 Å². The number of anilines is 2. The van der Waals surface area contributed by atoms with Crippen molar-refractivity contribution in [2.45, 2.75) is 30.4 Å². The van der Waals surface area contributed by atoms with Crippen LogP contribution in [0.5, 0.6) is 0 Å². The van der Waals surface area contributed by atoms with Crippen LogP contribution >= 0.6 is 11.6 Å². The maximum absolute atomic E-state index is 14.1. The number of amides is 1. The minimum Gasteiger partial charge on any atom is -0.326 e. The predicted molar refractivity (Wildman–Crippen MR) is 145 cm³/mol. The molecule has 0 atom stereocenters. The molecule has 4 rings (SSSR count). The Morgan fingerprint density at radius 1 is 0.974 bits per heavy atom. The van der Waals surface area contributed by atoms with Gasteiger partial charge in [-0.25, -0.2) is 25.5 Å². The molecule has 0 bridgehead atoms. The SMILES string of the molecule is Cc1ccccc1NS(=O)(=O)c1ccc(NC(=O)C2CCN(S(=O)(=O)Cc3c(F)cccc3Cl)CC2)cc1. The number of hydrogen-bond donors (Lipinski definition) is 2. The molecule has 8 nitrogen and oxygen atoms in total. The van der Waals surface area contributed by atoms with E-state index >= 15 is 0 Å². The van der Waals surface area contributed by atoms with Gasteiger partial charge in [-0.2, -0.15) is 0 Å². The highest BCUT2D eigenvalue weighted by molar-refractivity contribution is 7.92. The molecular weight excluding hydrogens is 553 g/mol. The fourth-order valence-corrected chi connectivity index (χ4v) is 7.24. The lowest BCUT2D eigenvalue weighted by atomic mass is 9.97. The Bertz CT molecular complexity index is 1520. The Morgan fingerprint density at radius 3 is 2.26 bits per heavy atom. The Kier molecular flexibility index (Phi) is 8.41. The van der Waals surface area contributed by atoms with Crippen molar-refractivity contribution in [2.75, 3.05) is 23.1 Å². The number of nitrogens with zero attached hydrogens (tertiary/aromatic N) is 1. The third kappa shape index (κ3) is 6.52. The lowest BCUT2D eigenvalue weighted by molar-refractivity contribution is -0.120. The normalized spacial score (nSPS) is 15.2. The van der Waals surface area contributed by atoms with Crippen LogP contribution in [0.25, 0.3) is 0 Å². The number of para-hydroxylation sites is 1. The summed E-state index contributed by atoms with van der Waals surface area (Å²) < 4.78 is 69.0. The Morgan fingerprint density at radius 2 is 1.63 bits per heavy atom. The third-order valence-electron chi connectivity index (χ3n) is 6.43. The summed E-state index contributed by atoms with van der Waals surface area (Å²) in [5.74, 6) is -1.94. The molecule has 0 spiro atoms. The molecular formula is C26H27ClFN3O5S2. The van der Waals surface area contributed by atoms with Gasteiger partial charge in [-0.15, -0.1) is 0 Å². The molecule has 38 heavy (non-hydrogen) atoms. The zero-order chi connectivity index (χ0) is 27.5. The molecule has 1 heterocycles. The van der Waals surface area contributed by atoms with Crippen molar-refractivity contribution in [3.05, 3.63) is 88.7 Å². The van der Waals surface area contributed by atoms with Crippen molar-refractivity contribution in [3.8, 4) is 0 Å². The molecule has 3 aromatic carbocycles. The molecule has 0 aromatic heterocycles. The van der Waals surface area contributed by atoms with Crippen molar-refractivity contribution < 1.29 is 26.0 Å². The van der Waals surface area contributed by atoms with E-state index in [-0.39, 0.29) is 34.5 Å². The summed E-state index contributed by atoms with van der Waals surface area (Å²) in [6.07, 6.45) is 0.589. The Labute approximate surface area is 226 Å². The van der Waals surface area contributed by atoms with Crippen LogP contribution in [-0.4, -0.2) is 40.1 Å². The fraction of sp³-hybridized carbons (Fsp3) is 0.269. The molecule has 202 valence electrons. The standard InChI is InChI=1S/C26H27ClFN3O5S2/c1-18-5-2-3-8-25(18)30-38(35,36)21-11-9-20(10-12-21)29-26(32)19-13-15-31(16-14-19)37(33,34)17-22-23(27)6-4-7-24(22)28/h2-12,19,30H,13-17H2,1H3,(H,29,32). The van der Waals surface area contributed by atoms with Crippen LogP contribution in [0.4, 0.5) is 15.8 Å². The second-order valence-electron chi connectivity index (χ2n) is 9.06. The maximum Gasteiger partial charge on any atom is 0.261 e. The van der Waals surface area contributed by atoms with Crippen LogP contribution in [0.3, 0.4) is 0 Å². The molecule has 1 saturated heterocycles. The minimum atomic E-state index is -3.82. The number of halogens is 2. The first-order chi connectivity index (χ1) is 18.0. The Balaban J connectivity index is 1.33. The smallest absolute Gasteiger partial charge is 0.261 e. The average molecular weight is 580 g/mol. The van der Waals surface area contributed by atoms with Gasteiger partial charge in [-0.3, -0.25) is 9.52 Å². The largest absolute Gasteiger partial charge is 0.326 e. The maximum atomic E-state index is 14.1. The molecule has 3 aromatic rings. The van der Waals surface area contributed by atoms with E-state index in [1.54, 1.807) is 25.1 Å². The summed E-state index contributed by atoms with van der Waals surface area (Å²) in [7, 11) is -7.63. The zero-order valence-electron chi connectivity index (χ0n) is 20.5. The van der Waals surface area contributed by atoms with Gasteiger partial charge in [0.15, 0.2) is 0 Å². The van der Waals surface area contributed by atoms with Crippen molar-refractivity contribution in [3.63, 3.8) is 0 Å². The van der Waals surface area contributed by atoms with E-state index in [0.717, 1.165) is 11.6 Å². The summed E-state index contributed by atoms with van der Waals surface area (Å²) in [5, 5.41) is 2.82. The lowest BCUT2D eigenvalue weighted by Gasteiger charge is -2.30. The van der Waals surface area contributed by atoms with Crippen LogP contribution in [0.2, 0.25) is 5.02 Å².